The number of hydrogen-bond donors (Lipinski definition) is 1. The molecule has 0 radical (unpaired) electrons. The first-order valence-corrected chi connectivity index (χ1v) is 4.17. The van der Waals surface area contributed by atoms with Crippen molar-refractivity contribution in [2.75, 3.05) is 0 Å². The van der Waals surface area contributed by atoms with Crippen LogP contribution in [0.2, 0.25) is 5.02 Å². The molecule has 1 aromatic rings. The lowest BCUT2D eigenvalue weighted by molar-refractivity contribution is 0.626. The first-order valence-electron chi connectivity index (χ1n) is 3.79. The Morgan fingerprint density at radius 1 is 1.58 bits per heavy atom. The maximum Gasteiger partial charge on any atom is 0.141 e. The number of nitrogens with two attached hydrogens (primary N) is 1. The van der Waals surface area contributed by atoms with Crippen LogP contribution in [0.1, 0.15) is 12.5 Å². The molecule has 0 spiro atoms. The minimum atomic E-state index is -0.384. The fourth-order valence-corrected chi connectivity index (χ4v) is 1.24. The lowest BCUT2D eigenvalue weighted by atomic mass is 10.1. The normalized spacial score (nSPS) is 13.0. The molecule has 1 atom stereocenters. The Kier molecular flexibility index (Phi) is 3.06. The van der Waals surface area contributed by atoms with Gasteiger partial charge in [-0.25, -0.2) is 4.39 Å². The molecule has 66 valence electrons. The maximum absolute atomic E-state index is 12.7. The molecule has 0 aliphatic carbocycles. The SMILES string of the molecule is C[C@H](N)Cc1ccc(F)c(Cl)c1. The minimum absolute atomic E-state index is 0.0755. The summed E-state index contributed by atoms with van der Waals surface area (Å²) < 4.78 is 12.7. The van der Waals surface area contributed by atoms with Crippen LogP contribution in [0.3, 0.4) is 0 Å². The van der Waals surface area contributed by atoms with Crippen LogP contribution < -0.4 is 5.73 Å². The van der Waals surface area contributed by atoms with Crippen LogP contribution in [0.5, 0.6) is 0 Å². The average Bonchev–Trinajstić information content (AvgIpc) is 1.96. The van der Waals surface area contributed by atoms with Crippen LogP contribution in [-0.4, -0.2) is 6.04 Å². The molecule has 3 heteroatoms. The highest BCUT2D eigenvalue weighted by molar-refractivity contribution is 6.30. The second-order valence-corrected chi connectivity index (χ2v) is 3.34. The zero-order valence-corrected chi connectivity index (χ0v) is 7.61. The molecule has 0 bridgehead atoms. The van der Waals surface area contributed by atoms with Gasteiger partial charge in [0.15, 0.2) is 0 Å². The van der Waals surface area contributed by atoms with E-state index in [2.05, 4.69) is 0 Å². The Hall–Kier alpha value is -0.600. The molecule has 0 fully saturated rings. The third-order valence-electron chi connectivity index (χ3n) is 1.54. The molecule has 1 rings (SSSR count). The summed E-state index contributed by atoms with van der Waals surface area (Å²) in [6.07, 6.45) is 0.722. The van der Waals surface area contributed by atoms with Gasteiger partial charge in [-0.1, -0.05) is 17.7 Å². The Morgan fingerprint density at radius 3 is 2.75 bits per heavy atom. The largest absolute Gasteiger partial charge is 0.328 e. The van der Waals surface area contributed by atoms with Crippen molar-refractivity contribution in [2.24, 2.45) is 5.73 Å². The first kappa shape index (κ1) is 9.49. The van der Waals surface area contributed by atoms with Gasteiger partial charge in [0.1, 0.15) is 5.82 Å². The number of rotatable bonds is 2. The van der Waals surface area contributed by atoms with E-state index in [0.29, 0.717) is 0 Å². The Morgan fingerprint density at radius 2 is 2.25 bits per heavy atom. The summed E-state index contributed by atoms with van der Waals surface area (Å²) in [6, 6.07) is 4.75. The van der Waals surface area contributed by atoms with Gasteiger partial charge in [0.05, 0.1) is 5.02 Å². The summed E-state index contributed by atoms with van der Waals surface area (Å²) in [5.41, 5.74) is 6.54. The highest BCUT2D eigenvalue weighted by atomic mass is 35.5. The molecule has 0 aliphatic heterocycles. The number of benzene rings is 1. The molecule has 12 heavy (non-hydrogen) atoms. The topological polar surface area (TPSA) is 26.0 Å². The predicted molar refractivity (Wildman–Crippen MR) is 48.8 cm³/mol. The molecule has 1 aromatic carbocycles. The van der Waals surface area contributed by atoms with Crippen molar-refractivity contribution in [3.8, 4) is 0 Å². The van der Waals surface area contributed by atoms with Crippen LogP contribution in [0, 0.1) is 5.82 Å². The number of hydrogen-bond acceptors (Lipinski definition) is 1. The van der Waals surface area contributed by atoms with Gasteiger partial charge in [0.25, 0.3) is 0 Å². The van der Waals surface area contributed by atoms with Gasteiger partial charge in [0.2, 0.25) is 0 Å². The molecule has 0 unspecified atom stereocenters. The predicted octanol–water partition coefficient (Wildman–Crippen LogP) is 2.37. The van der Waals surface area contributed by atoms with Crippen LogP contribution in [0.25, 0.3) is 0 Å². The monoisotopic (exact) mass is 187 g/mol. The molecule has 0 aliphatic rings. The molecular formula is C9H11ClFN. The first-order chi connectivity index (χ1) is 5.59. The van der Waals surface area contributed by atoms with E-state index in [-0.39, 0.29) is 16.9 Å². The molecule has 2 N–H and O–H groups in total. The summed E-state index contributed by atoms with van der Waals surface area (Å²) >= 11 is 5.58. The highest BCUT2D eigenvalue weighted by Crippen LogP contribution is 2.16. The van der Waals surface area contributed by atoms with Crippen molar-refractivity contribution in [3.63, 3.8) is 0 Å². The molecule has 0 aromatic heterocycles. The van der Waals surface area contributed by atoms with E-state index in [9.17, 15) is 4.39 Å². The second kappa shape index (κ2) is 3.87. The lowest BCUT2D eigenvalue weighted by Crippen LogP contribution is -2.17. The molecular weight excluding hydrogens is 177 g/mol. The Balaban J connectivity index is 2.82. The third-order valence-corrected chi connectivity index (χ3v) is 1.83. The quantitative estimate of drug-likeness (QED) is 0.756. The summed E-state index contributed by atoms with van der Waals surface area (Å²) in [5.74, 6) is -0.384. The van der Waals surface area contributed by atoms with Crippen molar-refractivity contribution in [1.82, 2.24) is 0 Å². The standard InChI is InChI=1S/C9H11ClFN/c1-6(12)4-7-2-3-9(11)8(10)5-7/h2-3,5-6H,4,12H2,1H3/t6-/m0/s1. The van der Waals surface area contributed by atoms with Crippen LogP contribution >= 0.6 is 11.6 Å². The Labute approximate surface area is 76.3 Å². The van der Waals surface area contributed by atoms with Crippen molar-refractivity contribution in [2.45, 2.75) is 19.4 Å². The summed E-state index contributed by atoms with van der Waals surface area (Å²) in [6.45, 7) is 1.90. The van der Waals surface area contributed by atoms with Gasteiger partial charge in [-0.2, -0.15) is 0 Å². The van der Waals surface area contributed by atoms with Crippen molar-refractivity contribution in [1.29, 1.82) is 0 Å². The Bertz CT molecular complexity index is 273. The average molecular weight is 188 g/mol. The molecule has 1 nitrogen and oxygen atoms in total. The maximum atomic E-state index is 12.7. The van der Waals surface area contributed by atoms with Crippen LogP contribution in [-0.2, 0) is 6.42 Å². The lowest BCUT2D eigenvalue weighted by Gasteiger charge is -2.05. The summed E-state index contributed by atoms with van der Waals surface area (Å²) in [7, 11) is 0. The van der Waals surface area contributed by atoms with Crippen molar-refractivity contribution < 1.29 is 4.39 Å². The van der Waals surface area contributed by atoms with E-state index in [1.807, 2.05) is 6.92 Å². The summed E-state index contributed by atoms with van der Waals surface area (Å²) in [4.78, 5) is 0. The molecule has 0 saturated carbocycles. The van der Waals surface area contributed by atoms with Crippen molar-refractivity contribution >= 4 is 11.6 Å². The third kappa shape index (κ3) is 2.47. The van der Waals surface area contributed by atoms with Gasteiger partial charge in [0, 0.05) is 6.04 Å². The summed E-state index contributed by atoms with van der Waals surface area (Å²) in [5, 5.41) is 0.160. The van der Waals surface area contributed by atoms with E-state index in [1.165, 1.54) is 6.07 Å². The zero-order chi connectivity index (χ0) is 9.14. The van der Waals surface area contributed by atoms with Gasteiger partial charge in [-0.05, 0) is 31.0 Å². The van der Waals surface area contributed by atoms with Gasteiger partial charge >= 0.3 is 0 Å². The van der Waals surface area contributed by atoms with E-state index in [4.69, 9.17) is 17.3 Å². The van der Waals surface area contributed by atoms with Gasteiger partial charge in [-0.15, -0.1) is 0 Å². The van der Waals surface area contributed by atoms with Gasteiger partial charge < -0.3 is 5.73 Å². The second-order valence-electron chi connectivity index (χ2n) is 2.93. The number of halogens is 2. The molecule has 0 heterocycles. The van der Waals surface area contributed by atoms with E-state index in [0.717, 1.165) is 12.0 Å². The van der Waals surface area contributed by atoms with Crippen LogP contribution in [0.4, 0.5) is 4.39 Å². The fraction of sp³-hybridized carbons (Fsp3) is 0.333. The fourth-order valence-electron chi connectivity index (χ4n) is 1.04. The zero-order valence-electron chi connectivity index (χ0n) is 6.85. The molecule has 0 amide bonds. The van der Waals surface area contributed by atoms with Crippen molar-refractivity contribution in [3.05, 3.63) is 34.6 Å². The van der Waals surface area contributed by atoms with Crippen LogP contribution in [0.15, 0.2) is 18.2 Å². The smallest absolute Gasteiger partial charge is 0.141 e. The molecule has 0 saturated heterocycles. The van der Waals surface area contributed by atoms with E-state index >= 15 is 0 Å². The highest BCUT2D eigenvalue weighted by Gasteiger charge is 2.02. The van der Waals surface area contributed by atoms with E-state index < -0.39 is 0 Å². The van der Waals surface area contributed by atoms with E-state index in [1.54, 1.807) is 12.1 Å². The van der Waals surface area contributed by atoms with Gasteiger partial charge in [-0.3, -0.25) is 0 Å². The minimum Gasteiger partial charge on any atom is -0.328 e.